The molecule has 0 amide bonds. The monoisotopic (exact) mass is 380 g/mol. The molecular weight excluding hydrogens is 348 g/mol. The molecule has 4 rings (SSSR count). The van der Waals surface area contributed by atoms with Gasteiger partial charge in [-0.3, -0.25) is 9.80 Å². The molecule has 2 aromatic carbocycles. The average molecular weight is 381 g/mol. The predicted octanol–water partition coefficient (Wildman–Crippen LogP) is 3.46. The molecule has 5 heteroatoms. The first-order chi connectivity index (χ1) is 13.8. The molecule has 0 aromatic heterocycles. The number of hydrogen-bond donors (Lipinski definition) is 2. The van der Waals surface area contributed by atoms with E-state index in [0.717, 1.165) is 50.7 Å². The van der Waals surface area contributed by atoms with E-state index in [1.165, 1.54) is 18.4 Å². The highest BCUT2D eigenvalue weighted by atomic mass is 16.5. The van der Waals surface area contributed by atoms with E-state index in [1.807, 2.05) is 19.2 Å². The summed E-state index contributed by atoms with van der Waals surface area (Å²) in [5.41, 5.74) is 3.88. The van der Waals surface area contributed by atoms with Crippen molar-refractivity contribution in [3.05, 3.63) is 60.2 Å². The Hall–Kier alpha value is -2.08. The second-order valence-electron chi connectivity index (χ2n) is 7.94. The molecule has 0 unspecified atom stereocenters. The molecule has 1 saturated heterocycles. The Morgan fingerprint density at radius 2 is 1.57 bits per heavy atom. The lowest BCUT2D eigenvalue weighted by molar-refractivity contribution is 0.0227. The van der Waals surface area contributed by atoms with Crippen molar-refractivity contribution < 1.29 is 4.74 Å². The topological polar surface area (TPSA) is 39.8 Å². The van der Waals surface area contributed by atoms with Gasteiger partial charge in [-0.1, -0.05) is 42.5 Å². The Kier molecular flexibility index (Phi) is 6.15. The quantitative estimate of drug-likeness (QED) is 0.515. The van der Waals surface area contributed by atoms with Crippen molar-refractivity contribution >= 4 is 11.4 Å². The summed E-state index contributed by atoms with van der Waals surface area (Å²) in [6, 6.07) is 19.0. The number of nitrogens with zero attached hydrogens (tertiary/aromatic N) is 2. The van der Waals surface area contributed by atoms with Gasteiger partial charge < -0.3 is 15.4 Å². The van der Waals surface area contributed by atoms with Crippen LogP contribution in [-0.4, -0.2) is 61.9 Å². The van der Waals surface area contributed by atoms with Gasteiger partial charge in [0.15, 0.2) is 0 Å². The minimum absolute atomic E-state index is 0.281. The van der Waals surface area contributed by atoms with Gasteiger partial charge in [-0.25, -0.2) is 0 Å². The first-order valence-electron chi connectivity index (χ1n) is 10.4. The van der Waals surface area contributed by atoms with Crippen molar-refractivity contribution in [3.8, 4) is 0 Å². The Morgan fingerprint density at radius 1 is 0.893 bits per heavy atom. The molecule has 0 radical (unpaired) electrons. The fraction of sp³-hybridized carbons (Fsp3) is 0.478. The van der Waals surface area contributed by atoms with Crippen molar-refractivity contribution in [3.63, 3.8) is 0 Å². The maximum atomic E-state index is 6.05. The van der Waals surface area contributed by atoms with Crippen molar-refractivity contribution in [2.75, 3.05) is 57.2 Å². The van der Waals surface area contributed by atoms with Gasteiger partial charge in [0, 0.05) is 45.3 Å². The summed E-state index contributed by atoms with van der Waals surface area (Å²) in [5.74, 6) is 0. The van der Waals surface area contributed by atoms with Gasteiger partial charge in [-0.15, -0.1) is 0 Å². The third kappa shape index (κ3) is 4.66. The average Bonchev–Trinajstić information content (AvgIpc) is 3.54. The lowest BCUT2D eigenvalue weighted by Gasteiger charge is -2.39. The molecule has 1 saturated carbocycles. The van der Waals surface area contributed by atoms with E-state index in [1.54, 1.807) is 0 Å². The van der Waals surface area contributed by atoms with E-state index >= 15 is 0 Å². The largest absolute Gasteiger partial charge is 0.386 e. The fourth-order valence-electron chi connectivity index (χ4n) is 4.14. The highest BCUT2D eigenvalue weighted by molar-refractivity contribution is 5.68. The lowest BCUT2D eigenvalue weighted by Crippen LogP contribution is -2.52. The molecule has 1 aliphatic heterocycles. The summed E-state index contributed by atoms with van der Waals surface area (Å²) >= 11 is 0. The van der Waals surface area contributed by atoms with E-state index in [-0.39, 0.29) is 5.54 Å². The molecule has 2 aliphatic rings. The number of nitrogens with one attached hydrogen (secondary N) is 2. The molecule has 0 atom stereocenters. The van der Waals surface area contributed by atoms with Crippen LogP contribution in [0.4, 0.5) is 11.4 Å². The Morgan fingerprint density at radius 3 is 2.25 bits per heavy atom. The fourth-order valence-corrected chi connectivity index (χ4v) is 4.14. The van der Waals surface area contributed by atoms with Crippen LogP contribution in [0.5, 0.6) is 0 Å². The van der Waals surface area contributed by atoms with E-state index in [0.29, 0.717) is 6.73 Å². The number of anilines is 2. The maximum absolute atomic E-state index is 6.05. The molecule has 2 fully saturated rings. The zero-order valence-corrected chi connectivity index (χ0v) is 16.9. The molecule has 2 N–H and O–H groups in total. The van der Waals surface area contributed by atoms with E-state index in [9.17, 15) is 0 Å². The zero-order chi connectivity index (χ0) is 19.2. The van der Waals surface area contributed by atoms with Gasteiger partial charge in [-0.2, -0.15) is 0 Å². The summed E-state index contributed by atoms with van der Waals surface area (Å²) < 4.78 is 6.05. The van der Waals surface area contributed by atoms with Gasteiger partial charge in [0.2, 0.25) is 0 Å². The number of para-hydroxylation sites is 2. The van der Waals surface area contributed by atoms with Crippen LogP contribution in [0.2, 0.25) is 0 Å². The summed E-state index contributed by atoms with van der Waals surface area (Å²) in [5, 5.41) is 6.60. The molecule has 1 aliphatic carbocycles. The predicted molar refractivity (Wildman–Crippen MR) is 116 cm³/mol. The summed E-state index contributed by atoms with van der Waals surface area (Å²) in [4.78, 5) is 5.23. The first-order valence-corrected chi connectivity index (χ1v) is 10.4. The smallest absolute Gasteiger partial charge is 0.116 e. The number of hydrogen-bond acceptors (Lipinski definition) is 5. The first kappa shape index (κ1) is 19.2. The summed E-state index contributed by atoms with van der Waals surface area (Å²) in [7, 11) is 1.94. The highest BCUT2D eigenvalue weighted by Crippen LogP contribution is 2.42. The third-order valence-electron chi connectivity index (χ3n) is 6.05. The second-order valence-corrected chi connectivity index (χ2v) is 7.94. The standard InChI is InChI=1S/C23H32N4O/c1-24-21-9-5-6-10-22(21)25-19-28-18-23(11-12-23)27-15-13-26(14-16-27)17-20-7-3-2-4-8-20/h2-10,24-25H,11-19H2,1H3. The molecular formula is C23H32N4O. The Balaban J connectivity index is 1.20. The van der Waals surface area contributed by atoms with Crippen LogP contribution in [0, 0.1) is 0 Å². The Labute approximate surface area is 168 Å². The van der Waals surface area contributed by atoms with Crippen LogP contribution >= 0.6 is 0 Å². The highest BCUT2D eigenvalue weighted by Gasteiger charge is 2.48. The molecule has 1 heterocycles. The van der Waals surface area contributed by atoms with Gasteiger partial charge in [-0.05, 0) is 30.5 Å². The van der Waals surface area contributed by atoms with Crippen LogP contribution < -0.4 is 10.6 Å². The number of piperazine rings is 1. The van der Waals surface area contributed by atoms with Crippen molar-refractivity contribution in [2.45, 2.75) is 24.9 Å². The minimum atomic E-state index is 0.281. The molecule has 0 bridgehead atoms. The zero-order valence-electron chi connectivity index (χ0n) is 16.9. The van der Waals surface area contributed by atoms with Crippen LogP contribution in [0.3, 0.4) is 0 Å². The van der Waals surface area contributed by atoms with Crippen LogP contribution in [0.25, 0.3) is 0 Å². The summed E-state index contributed by atoms with van der Waals surface area (Å²) in [6.45, 7) is 7.01. The van der Waals surface area contributed by atoms with Gasteiger partial charge in [0.25, 0.3) is 0 Å². The summed E-state index contributed by atoms with van der Waals surface area (Å²) in [6.07, 6.45) is 2.53. The number of ether oxygens (including phenoxy) is 1. The molecule has 150 valence electrons. The van der Waals surface area contributed by atoms with Gasteiger partial charge in [0.1, 0.15) is 6.73 Å². The van der Waals surface area contributed by atoms with Crippen molar-refractivity contribution in [1.29, 1.82) is 0 Å². The van der Waals surface area contributed by atoms with E-state index in [4.69, 9.17) is 4.74 Å². The second kappa shape index (κ2) is 8.95. The normalized spacial score (nSPS) is 19.3. The van der Waals surface area contributed by atoms with Crippen molar-refractivity contribution in [2.24, 2.45) is 0 Å². The molecule has 5 nitrogen and oxygen atoms in total. The van der Waals surface area contributed by atoms with Crippen LogP contribution in [-0.2, 0) is 11.3 Å². The molecule has 28 heavy (non-hydrogen) atoms. The number of benzene rings is 2. The van der Waals surface area contributed by atoms with Gasteiger partial charge in [0.05, 0.1) is 18.0 Å². The molecule has 0 spiro atoms. The maximum Gasteiger partial charge on any atom is 0.116 e. The van der Waals surface area contributed by atoms with E-state index in [2.05, 4.69) is 62.9 Å². The third-order valence-corrected chi connectivity index (χ3v) is 6.05. The molecule has 2 aromatic rings. The Bertz CT molecular complexity index is 739. The van der Waals surface area contributed by atoms with E-state index < -0.39 is 0 Å². The lowest BCUT2D eigenvalue weighted by atomic mass is 10.1. The van der Waals surface area contributed by atoms with Crippen LogP contribution in [0.1, 0.15) is 18.4 Å². The number of rotatable bonds is 9. The van der Waals surface area contributed by atoms with Crippen LogP contribution in [0.15, 0.2) is 54.6 Å². The van der Waals surface area contributed by atoms with Crippen molar-refractivity contribution in [1.82, 2.24) is 9.80 Å². The van der Waals surface area contributed by atoms with Gasteiger partial charge >= 0.3 is 0 Å². The minimum Gasteiger partial charge on any atom is -0.386 e. The SMILES string of the molecule is CNc1ccccc1NCOCC1(N2CCN(Cc3ccccc3)CC2)CC1.